The first kappa shape index (κ1) is 16.9. The van der Waals surface area contributed by atoms with Crippen LogP contribution in [0.15, 0.2) is 65.4 Å². The summed E-state index contributed by atoms with van der Waals surface area (Å²) >= 11 is 3.26. The third-order valence-corrected chi connectivity index (χ3v) is 6.21. The van der Waals surface area contributed by atoms with Crippen molar-refractivity contribution in [3.8, 4) is 9.88 Å². The molecule has 0 aliphatic carbocycles. The second-order valence-electron chi connectivity index (χ2n) is 5.97. The van der Waals surface area contributed by atoms with Crippen LogP contribution in [0, 0.1) is 0 Å². The lowest BCUT2D eigenvalue weighted by Crippen LogP contribution is -2.32. The number of carbonyl (C=O) groups excluding carboxylic acids is 1. The molecule has 0 saturated carbocycles. The maximum Gasteiger partial charge on any atom is 0.233 e. The van der Waals surface area contributed by atoms with Gasteiger partial charge in [-0.05, 0) is 41.3 Å². The molecule has 0 saturated heterocycles. The standard InChI is InChI=1S/C21H18N2OS2/c1-2-23(18-10-9-15-6-3-4-7-16(15)12-18)20(24)13-17-14-26-21(22-17)19-8-5-11-25-19/h3-12,14H,2,13H2,1H3. The molecular formula is C21H18N2OS2. The molecule has 2 heterocycles. The normalized spacial score (nSPS) is 11.0. The van der Waals surface area contributed by atoms with Gasteiger partial charge in [-0.3, -0.25) is 4.79 Å². The Morgan fingerprint density at radius 3 is 2.65 bits per heavy atom. The van der Waals surface area contributed by atoms with Crippen LogP contribution in [0.4, 0.5) is 5.69 Å². The first-order chi connectivity index (χ1) is 12.7. The molecule has 2 aromatic heterocycles. The van der Waals surface area contributed by atoms with Crippen LogP contribution in [0.1, 0.15) is 12.6 Å². The van der Waals surface area contributed by atoms with Gasteiger partial charge in [-0.15, -0.1) is 22.7 Å². The monoisotopic (exact) mass is 378 g/mol. The third-order valence-electron chi connectivity index (χ3n) is 4.28. The summed E-state index contributed by atoms with van der Waals surface area (Å²) in [5, 5.41) is 7.34. The predicted octanol–water partition coefficient (Wildman–Crippen LogP) is 5.62. The Morgan fingerprint density at radius 2 is 1.88 bits per heavy atom. The number of amides is 1. The van der Waals surface area contributed by atoms with Crippen LogP contribution in [0.25, 0.3) is 20.7 Å². The van der Waals surface area contributed by atoms with Gasteiger partial charge in [0.05, 0.1) is 17.0 Å². The van der Waals surface area contributed by atoms with Crippen LogP contribution in [0.5, 0.6) is 0 Å². The molecule has 4 aromatic rings. The van der Waals surface area contributed by atoms with Crippen LogP contribution in [0.2, 0.25) is 0 Å². The minimum atomic E-state index is 0.0748. The quantitative estimate of drug-likeness (QED) is 0.451. The van der Waals surface area contributed by atoms with Gasteiger partial charge in [0.1, 0.15) is 5.01 Å². The van der Waals surface area contributed by atoms with E-state index in [-0.39, 0.29) is 5.91 Å². The number of rotatable bonds is 5. The molecule has 26 heavy (non-hydrogen) atoms. The van der Waals surface area contributed by atoms with Crippen molar-refractivity contribution in [1.82, 2.24) is 4.98 Å². The fourth-order valence-corrected chi connectivity index (χ4v) is 4.63. The number of thiazole rings is 1. The van der Waals surface area contributed by atoms with Crippen molar-refractivity contribution in [2.45, 2.75) is 13.3 Å². The molecule has 3 nitrogen and oxygen atoms in total. The Hall–Kier alpha value is -2.50. The van der Waals surface area contributed by atoms with E-state index in [1.54, 1.807) is 22.7 Å². The van der Waals surface area contributed by atoms with E-state index >= 15 is 0 Å². The van der Waals surface area contributed by atoms with E-state index < -0.39 is 0 Å². The van der Waals surface area contributed by atoms with Crippen molar-refractivity contribution in [3.05, 3.63) is 71.1 Å². The molecule has 0 unspecified atom stereocenters. The van der Waals surface area contributed by atoms with Crippen molar-refractivity contribution in [2.24, 2.45) is 0 Å². The van der Waals surface area contributed by atoms with Crippen LogP contribution < -0.4 is 4.90 Å². The maximum absolute atomic E-state index is 12.9. The average Bonchev–Trinajstić information content (AvgIpc) is 3.34. The molecule has 0 aliphatic rings. The molecule has 0 atom stereocenters. The number of thiophene rings is 1. The van der Waals surface area contributed by atoms with Crippen LogP contribution in [-0.2, 0) is 11.2 Å². The molecule has 2 aromatic carbocycles. The summed E-state index contributed by atoms with van der Waals surface area (Å²) < 4.78 is 0. The molecule has 130 valence electrons. The summed E-state index contributed by atoms with van der Waals surface area (Å²) in [5.41, 5.74) is 1.77. The van der Waals surface area contributed by atoms with Gasteiger partial charge < -0.3 is 4.90 Å². The van der Waals surface area contributed by atoms with E-state index in [0.29, 0.717) is 13.0 Å². The lowest BCUT2D eigenvalue weighted by Gasteiger charge is -2.21. The van der Waals surface area contributed by atoms with E-state index in [1.807, 2.05) is 46.8 Å². The second kappa shape index (κ2) is 7.40. The summed E-state index contributed by atoms with van der Waals surface area (Å²) in [6, 6.07) is 18.4. The van der Waals surface area contributed by atoms with Gasteiger partial charge in [-0.25, -0.2) is 4.98 Å². The zero-order valence-corrected chi connectivity index (χ0v) is 16.0. The van der Waals surface area contributed by atoms with Crippen LogP contribution in [0.3, 0.4) is 0 Å². The highest BCUT2D eigenvalue weighted by Gasteiger charge is 2.17. The fraction of sp³-hybridized carbons (Fsp3) is 0.143. The summed E-state index contributed by atoms with van der Waals surface area (Å²) in [6.45, 7) is 2.64. The van der Waals surface area contributed by atoms with Crippen molar-refractivity contribution >= 4 is 45.0 Å². The molecule has 0 spiro atoms. The lowest BCUT2D eigenvalue weighted by molar-refractivity contribution is -0.118. The topological polar surface area (TPSA) is 33.2 Å². The number of hydrogen-bond acceptors (Lipinski definition) is 4. The Bertz CT molecular complexity index is 1040. The zero-order valence-electron chi connectivity index (χ0n) is 14.4. The molecule has 5 heteroatoms. The second-order valence-corrected chi connectivity index (χ2v) is 7.77. The third kappa shape index (κ3) is 3.41. The van der Waals surface area contributed by atoms with Gasteiger partial charge in [0.2, 0.25) is 5.91 Å². The van der Waals surface area contributed by atoms with Gasteiger partial charge >= 0.3 is 0 Å². The van der Waals surface area contributed by atoms with E-state index in [2.05, 4.69) is 35.3 Å². The van der Waals surface area contributed by atoms with E-state index in [1.165, 1.54) is 5.39 Å². The van der Waals surface area contributed by atoms with Crippen molar-refractivity contribution < 1.29 is 4.79 Å². The minimum Gasteiger partial charge on any atom is -0.312 e. The number of nitrogens with zero attached hydrogens (tertiary/aromatic N) is 2. The number of hydrogen-bond donors (Lipinski definition) is 0. The highest BCUT2D eigenvalue weighted by molar-refractivity contribution is 7.20. The number of benzene rings is 2. The largest absolute Gasteiger partial charge is 0.312 e. The number of aromatic nitrogens is 1. The molecule has 0 N–H and O–H groups in total. The Kier molecular flexibility index (Phi) is 4.82. The van der Waals surface area contributed by atoms with Gasteiger partial charge in [0.15, 0.2) is 0 Å². The zero-order chi connectivity index (χ0) is 17.9. The molecular weight excluding hydrogens is 360 g/mol. The molecule has 0 fully saturated rings. The van der Waals surface area contributed by atoms with Crippen LogP contribution in [-0.4, -0.2) is 17.4 Å². The fourth-order valence-electron chi connectivity index (χ4n) is 3.00. The highest BCUT2D eigenvalue weighted by atomic mass is 32.1. The molecule has 4 rings (SSSR count). The molecule has 0 aliphatic heterocycles. The first-order valence-electron chi connectivity index (χ1n) is 8.52. The average molecular weight is 379 g/mol. The Balaban J connectivity index is 1.55. The number of fused-ring (bicyclic) bond motifs is 1. The Labute approximate surface area is 160 Å². The van der Waals surface area contributed by atoms with Crippen molar-refractivity contribution in [1.29, 1.82) is 0 Å². The number of carbonyl (C=O) groups is 1. The molecule has 0 bridgehead atoms. The van der Waals surface area contributed by atoms with Gasteiger partial charge in [-0.1, -0.05) is 36.4 Å². The number of anilines is 1. The summed E-state index contributed by atoms with van der Waals surface area (Å²) in [6.07, 6.45) is 0.322. The summed E-state index contributed by atoms with van der Waals surface area (Å²) in [4.78, 5) is 20.5. The van der Waals surface area contributed by atoms with E-state index in [0.717, 1.165) is 26.7 Å². The van der Waals surface area contributed by atoms with Gasteiger partial charge in [-0.2, -0.15) is 0 Å². The Morgan fingerprint density at radius 1 is 1.04 bits per heavy atom. The van der Waals surface area contributed by atoms with Gasteiger partial charge in [0.25, 0.3) is 0 Å². The van der Waals surface area contributed by atoms with Gasteiger partial charge in [0, 0.05) is 17.6 Å². The SMILES string of the molecule is CCN(C(=O)Cc1csc(-c2cccs2)n1)c1ccc2ccccc2c1. The molecule has 1 amide bonds. The predicted molar refractivity (Wildman–Crippen MR) is 111 cm³/mol. The van der Waals surface area contributed by atoms with Crippen molar-refractivity contribution in [2.75, 3.05) is 11.4 Å². The summed E-state index contributed by atoms with van der Waals surface area (Å²) in [5.74, 6) is 0.0748. The van der Waals surface area contributed by atoms with Crippen molar-refractivity contribution in [3.63, 3.8) is 0 Å². The maximum atomic E-state index is 12.9. The highest BCUT2D eigenvalue weighted by Crippen LogP contribution is 2.28. The first-order valence-corrected chi connectivity index (χ1v) is 10.3. The molecule has 0 radical (unpaired) electrons. The lowest BCUT2D eigenvalue weighted by atomic mass is 10.1. The van der Waals surface area contributed by atoms with E-state index in [4.69, 9.17) is 0 Å². The van der Waals surface area contributed by atoms with Crippen LogP contribution >= 0.6 is 22.7 Å². The summed E-state index contributed by atoms with van der Waals surface area (Å²) in [7, 11) is 0. The minimum absolute atomic E-state index is 0.0748. The van der Waals surface area contributed by atoms with E-state index in [9.17, 15) is 4.79 Å². The smallest absolute Gasteiger partial charge is 0.233 e. The number of likely N-dealkylation sites (N-methyl/N-ethyl adjacent to an activating group) is 1.